The van der Waals surface area contributed by atoms with Gasteiger partial charge in [-0.25, -0.2) is 0 Å². The SMILES string of the molecule is N#Cc1c(-c2ccccn2)n[nH]c1N. The lowest BCUT2D eigenvalue weighted by atomic mass is 10.2. The van der Waals surface area contributed by atoms with Crippen molar-refractivity contribution in [1.82, 2.24) is 15.2 Å². The smallest absolute Gasteiger partial charge is 0.137 e. The van der Waals surface area contributed by atoms with Gasteiger partial charge in [-0.3, -0.25) is 10.1 Å². The van der Waals surface area contributed by atoms with E-state index in [-0.39, 0.29) is 5.82 Å². The summed E-state index contributed by atoms with van der Waals surface area (Å²) in [5.74, 6) is 0.271. The van der Waals surface area contributed by atoms with Crippen molar-refractivity contribution in [3.63, 3.8) is 0 Å². The molecule has 0 bridgehead atoms. The van der Waals surface area contributed by atoms with Crippen LogP contribution in [0.3, 0.4) is 0 Å². The van der Waals surface area contributed by atoms with E-state index in [1.165, 1.54) is 0 Å². The number of anilines is 1. The zero-order chi connectivity index (χ0) is 9.97. The number of pyridine rings is 1. The number of nitrogens with one attached hydrogen (secondary N) is 1. The summed E-state index contributed by atoms with van der Waals surface area (Å²) in [6, 6.07) is 7.38. The second-order valence-corrected chi connectivity index (χ2v) is 2.69. The summed E-state index contributed by atoms with van der Waals surface area (Å²) >= 11 is 0. The highest BCUT2D eigenvalue weighted by Gasteiger charge is 2.12. The summed E-state index contributed by atoms with van der Waals surface area (Å²) in [6.07, 6.45) is 1.64. The van der Waals surface area contributed by atoms with Crippen LogP contribution >= 0.6 is 0 Å². The summed E-state index contributed by atoms with van der Waals surface area (Å²) in [7, 11) is 0. The molecule has 0 saturated heterocycles. The van der Waals surface area contributed by atoms with E-state index in [1.807, 2.05) is 12.1 Å². The number of nitrogens with zero attached hydrogens (tertiary/aromatic N) is 3. The Kier molecular flexibility index (Phi) is 1.88. The van der Waals surface area contributed by atoms with Gasteiger partial charge in [-0.1, -0.05) is 6.07 Å². The molecule has 2 aromatic rings. The first kappa shape index (κ1) is 8.26. The molecule has 0 amide bonds. The molecule has 0 atom stereocenters. The topological polar surface area (TPSA) is 91.4 Å². The van der Waals surface area contributed by atoms with E-state index < -0.39 is 0 Å². The minimum absolute atomic E-state index is 0.271. The van der Waals surface area contributed by atoms with Gasteiger partial charge in [0.2, 0.25) is 0 Å². The van der Waals surface area contributed by atoms with Crippen molar-refractivity contribution in [3.05, 3.63) is 30.0 Å². The van der Waals surface area contributed by atoms with Crippen LogP contribution in [0.1, 0.15) is 5.56 Å². The van der Waals surface area contributed by atoms with Crippen LogP contribution in [0.5, 0.6) is 0 Å². The molecule has 68 valence electrons. The number of rotatable bonds is 1. The number of H-pyrrole nitrogens is 1. The lowest BCUT2D eigenvalue weighted by Gasteiger charge is -1.93. The first-order valence-electron chi connectivity index (χ1n) is 3.98. The van der Waals surface area contributed by atoms with Gasteiger partial charge in [-0.05, 0) is 12.1 Å². The van der Waals surface area contributed by atoms with Gasteiger partial charge in [0.05, 0.1) is 5.69 Å². The molecule has 3 N–H and O–H groups in total. The molecule has 2 rings (SSSR count). The van der Waals surface area contributed by atoms with Crippen molar-refractivity contribution in [1.29, 1.82) is 5.26 Å². The third-order valence-electron chi connectivity index (χ3n) is 1.81. The Morgan fingerprint density at radius 2 is 2.29 bits per heavy atom. The molecule has 0 radical (unpaired) electrons. The molecule has 0 fully saturated rings. The van der Waals surface area contributed by atoms with Gasteiger partial charge in [-0.15, -0.1) is 0 Å². The van der Waals surface area contributed by atoms with E-state index in [1.54, 1.807) is 18.3 Å². The van der Waals surface area contributed by atoms with Crippen LogP contribution in [0, 0.1) is 11.3 Å². The Hall–Kier alpha value is -2.35. The van der Waals surface area contributed by atoms with Crippen molar-refractivity contribution in [2.45, 2.75) is 0 Å². The third-order valence-corrected chi connectivity index (χ3v) is 1.81. The number of nitrogens with two attached hydrogens (primary N) is 1. The summed E-state index contributed by atoms with van der Waals surface area (Å²) in [5, 5.41) is 15.3. The Balaban J connectivity index is 2.59. The lowest BCUT2D eigenvalue weighted by Crippen LogP contribution is -1.88. The van der Waals surface area contributed by atoms with Gasteiger partial charge in [0.25, 0.3) is 0 Å². The van der Waals surface area contributed by atoms with Gasteiger partial charge >= 0.3 is 0 Å². The molecule has 2 aromatic heterocycles. The fraction of sp³-hybridized carbons (Fsp3) is 0. The Morgan fingerprint density at radius 1 is 1.43 bits per heavy atom. The largest absolute Gasteiger partial charge is 0.383 e. The lowest BCUT2D eigenvalue weighted by molar-refractivity contribution is 1.09. The second-order valence-electron chi connectivity index (χ2n) is 2.69. The van der Waals surface area contributed by atoms with Crippen LogP contribution in [0.2, 0.25) is 0 Å². The van der Waals surface area contributed by atoms with E-state index in [9.17, 15) is 0 Å². The molecule has 0 unspecified atom stereocenters. The summed E-state index contributed by atoms with van der Waals surface area (Å²) in [5.41, 5.74) is 6.99. The molecule has 0 aliphatic rings. The predicted molar refractivity (Wildman–Crippen MR) is 50.9 cm³/mol. The standard InChI is InChI=1S/C9H7N5/c10-5-6-8(13-14-9(6)11)7-3-1-2-4-12-7/h1-4H,(H3,11,13,14). The molecule has 0 aliphatic carbocycles. The van der Waals surface area contributed by atoms with Crippen molar-refractivity contribution >= 4 is 5.82 Å². The summed E-state index contributed by atoms with van der Waals surface area (Å²) < 4.78 is 0. The number of aromatic nitrogens is 3. The molecule has 0 aliphatic heterocycles. The number of aromatic amines is 1. The normalized spacial score (nSPS) is 9.64. The van der Waals surface area contributed by atoms with Crippen LogP contribution in [-0.2, 0) is 0 Å². The summed E-state index contributed by atoms with van der Waals surface area (Å²) in [6.45, 7) is 0. The number of nitrogen functional groups attached to an aromatic ring is 1. The van der Waals surface area contributed by atoms with Gasteiger partial charge in [0, 0.05) is 6.20 Å². The Bertz CT molecular complexity index is 480. The van der Waals surface area contributed by atoms with E-state index in [4.69, 9.17) is 11.0 Å². The van der Waals surface area contributed by atoms with Gasteiger partial charge < -0.3 is 5.73 Å². The van der Waals surface area contributed by atoms with Gasteiger partial charge in [0.1, 0.15) is 23.1 Å². The zero-order valence-electron chi connectivity index (χ0n) is 7.23. The Labute approximate surface area is 80.2 Å². The van der Waals surface area contributed by atoms with E-state index >= 15 is 0 Å². The van der Waals surface area contributed by atoms with Crippen molar-refractivity contribution in [2.24, 2.45) is 0 Å². The average molecular weight is 185 g/mol. The van der Waals surface area contributed by atoms with Crippen LogP contribution in [-0.4, -0.2) is 15.2 Å². The van der Waals surface area contributed by atoms with Crippen LogP contribution in [0.15, 0.2) is 24.4 Å². The van der Waals surface area contributed by atoms with Gasteiger partial charge in [-0.2, -0.15) is 10.4 Å². The highest BCUT2D eigenvalue weighted by molar-refractivity contribution is 5.69. The van der Waals surface area contributed by atoms with E-state index in [0.717, 1.165) is 0 Å². The minimum atomic E-state index is 0.271. The van der Waals surface area contributed by atoms with E-state index in [0.29, 0.717) is 17.0 Å². The summed E-state index contributed by atoms with van der Waals surface area (Å²) in [4.78, 5) is 4.08. The maximum atomic E-state index is 8.83. The average Bonchev–Trinajstić information content (AvgIpc) is 2.61. The predicted octanol–water partition coefficient (Wildman–Crippen LogP) is 0.926. The highest BCUT2D eigenvalue weighted by atomic mass is 15.2. The molecular formula is C9H7N5. The molecule has 0 saturated carbocycles. The second kappa shape index (κ2) is 3.18. The fourth-order valence-corrected chi connectivity index (χ4v) is 1.16. The fourth-order valence-electron chi connectivity index (χ4n) is 1.16. The highest BCUT2D eigenvalue weighted by Crippen LogP contribution is 2.21. The van der Waals surface area contributed by atoms with Crippen LogP contribution in [0.25, 0.3) is 11.4 Å². The maximum absolute atomic E-state index is 8.83. The molecule has 2 heterocycles. The van der Waals surface area contributed by atoms with Crippen LogP contribution in [0.4, 0.5) is 5.82 Å². The monoisotopic (exact) mass is 185 g/mol. The Morgan fingerprint density at radius 3 is 2.93 bits per heavy atom. The van der Waals surface area contributed by atoms with E-state index in [2.05, 4.69) is 15.2 Å². The maximum Gasteiger partial charge on any atom is 0.137 e. The van der Waals surface area contributed by atoms with Crippen molar-refractivity contribution < 1.29 is 0 Å². The quantitative estimate of drug-likeness (QED) is 0.691. The zero-order valence-corrected chi connectivity index (χ0v) is 7.23. The molecule has 0 spiro atoms. The molecule has 5 heteroatoms. The van der Waals surface area contributed by atoms with Crippen molar-refractivity contribution in [2.75, 3.05) is 5.73 Å². The molecule has 0 aromatic carbocycles. The molecule has 14 heavy (non-hydrogen) atoms. The van der Waals surface area contributed by atoms with Gasteiger partial charge in [0.15, 0.2) is 0 Å². The number of hydrogen-bond acceptors (Lipinski definition) is 4. The first-order valence-corrected chi connectivity index (χ1v) is 3.98. The number of hydrogen-bond donors (Lipinski definition) is 2. The first-order chi connectivity index (χ1) is 6.83. The third kappa shape index (κ3) is 1.19. The van der Waals surface area contributed by atoms with Crippen LogP contribution < -0.4 is 5.73 Å². The molecular weight excluding hydrogens is 178 g/mol. The minimum Gasteiger partial charge on any atom is -0.383 e. The van der Waals surface area contributed by atoms with Crippen molar-refractivity contribution in [3.8, 4) is 17.5 Å². The number of nitriles is 1. The molecule has 5 nitrogen and oxygen atoms in total.